The van der Waals surface area contributed by atoms with Gasteiger partial charge in [0.1, 0.15) is 11.5 Å². The van der Waals surface area contributed by atoms with E-state index in [9.17, 15) is 13.2 Å². The third-order valence-corrected chi connectivity index (χ3v) is 4.82. The number of H-pyrrole nitrogens is 2. The summed E-state index contributed by atoms with van der Waals surface area (Å²) in [7, 11) is 0. The van der Waals surface area contributed by atoms with Gasteiger partial charge >= 0.3 is 6.18 Å². The molecule has 4 rings (SSSR count). The summed E-state index contributed by atoms with van der Waals surface area (Å²) in [5.41, 5.74) is 2.18. The first-order valence-corrected chi connectivity index (χ1v) is 8.95. The molecule has 0 radical (unpaired) electrons. The Morgan fingerprint density at radius 3 is 2.43 bits per heavy atom. The van der Waals surface area contributed by atoms with Crippen LogP contribution in [-0.4, -0.2) is 56.2 Å². The van der Waals surface area contributed by atoms with Gasteiger partial charge in [0, 0.05) is 56.4 Å². The Morgan fingerprint density at radius 1 is 1.04 bits per heavy atom. The standard InChI is InChI=1S/C18H20F3N7/c1-12-8-23-17(25-12)16-13(9-24-26-16)11-27-4-6-28(7-5-27)15-3-2-14(10-22-15)18(19,20)21/h2-3,8-10H,4-7,11H2,1H3,(H,23,25)(H,24,26). The van der Waals surface area contributed by atoms with Crippen molar-refractivity contribution in [1.29, 1.82) is 0 Å². The van der Waals surface area contributed by atoms with Crippen LogP contribution in [0.25, 0.3) is 11.5 Å². The molecule has 10 heteroatoms. The monoisotopic (exact) mass is 391 g/mol. The summed E-state index contributed by atoms with van der Waals surface area (Å²) < 4.78 is 38.0. The van der Waals surface area contributed by atoms with Gasteiger partial charge in [-0.2, -0.15) is 18.3 Å². The van der Waals surface area contributed by atoms with Gasteiger partial charge in [-0.15, -0.1) is 0 Å². The molecule has 0 aliphatic carbocycles. The lowest BCUT2D eigenvalue weighted by molar-refractivity contribution is -0.137. The molecule has 7 nitrogen and oxygen atoms in total. The lowest BCUT2D eigenvalue weighted by Crippen LogP contribution is -2.46. The normalized spacial score (nSPS) is 15.9. The van der Waals surface area contributed by atoms with E-state index in [1.54, 1.807) is 12.4 Å². The third-order valence-electron chi connectivity index (χ3n) is 4.82. The molecule has 0 saturated carbocycles. The van der Waals surface area contributed by atoms with Crippen LogP contribution in [0.4, 0.5) is 19.0 Å². The minimum Gasteiger partial charge on any atom is -0.354 e. The molecule has 1 fully saturated rings. The van der Waals surface area contributed by atoms with Crippen molar-refractivity contribution in [2.45, 2.75) is 19.6 Å². The number of pyridine rings is 1. The zero-order valence-corrected chi connectivity index (χ0v) is 15.3. The summed E-state index contributed by atoms with van der Waals surface area (Å²) in [5, 5.41) is 7.13. The Morgan fingerprint density at radius 2 is 1.82 bits per heavy atom. The van der Waals surface area contributed by atoms with Crippen LogP contribution < -0.4 is 4.90 Å². The highest BCUT2D eigenvalue weighted by Gasteiger charge is 2.31. The largest absolute Gasteiger partial charge is 0.417 e. The molecule has 4 heterocycles. The lowest BCUT2D eigenvalue weighted by Gasteiger charge is -2.35. The van der Waals surface area contributed by atoms with Gasteiger partial charge in [0.15, 0.2) is 5.82 Å². The molecular weight excluding hydrogens is 371 g/mol. The Balaban J connectivity index is 1.37. The second-order valence-corrected chi connectivity index (χ2v) is 6.85. The van der Waals surface area contributed by atoms with Crippen LogP contribution in [0, 0.1) is 6.92 Å². The summed E-state index contributed by atoms with van der Waals surface area (Å²) >= 11 is 0. The smallest absolute Gasteiger partial charge is 0.354 e. The number of hydrogen-bond donors (Lipinski definition) is 2. The van der Waals surface area contributed by atoms with E-state index in [0.717, 1.165) is 54.7 Å². The molecule has 0 atom stereocenters. The highest BCUT2D eigenvalue weighted by atomic mass is 19.4. The fourth-order valence-corrected chi connectivity index (χ4v) is 3.29. The van der Waals surface area contributed by atoms with Crippen LogP contribution in [-0.2, 0) is 12.7 Å². The van der Waals surface area contributed by atoms with E-state index in [0.29, 0.717) is 18.9 Å². The molecular formula is C18H20F3N7. The Bertz CT molecular complexity index is 921. The fourth-order valence-electron chi connectivity index (χ4n) is 3.29. The van der Waals surface area contributed by atoms with Gasteiger partial charge in [-0.1, -0.05) is 0 Å². The molecule has 3 aromatic heterocycles. The lowest BCUT2D eigenvalue weighted by atomic mass is 10.2. The molecule has 148 valence electrons. The number of anilines is 1. The van der Waals surface area contributed by atoms with Crippen molar-refractivity contribution in [2.24, 2.45) is 0 Å². The Labute approximate surface area is 159 Å². The van der Waals surface area contributed by atoms with Crippen LogP contribution in [0.2, 0.25) is 0 Å². The van der Waals surface area contributed by atoms with Crippen LogP contribution in [0.3, 0.4) is 0 Å². The zero-order chi connectivity index (χ0) is 19.7. The highest BCUT2D eigenvalue weighted by molar-refractivity contribution is 5.54. The van der Waals surface area contributed by atoms with E-state index in [-0.39, 0.29) is 0 Å². The first kappa shape index (κ1) is 18.5. The maximum atomic E-state index is 12.7. The van der Waals surface area contributed by atoms with E-state index in [1.165, 1.54) is 6.07 Å². The first-order valence-electron chi connectivity index (χ1n) is 8.95. The van der Waals surface area contributed by atoms with Crippen molar-refractivity contribution in [3.05, 3.63) is 47.5 Å². The summed E-state index contributed by atoms with van der Waals surface area (Å²) in [4.78, 5) is 15.8. The molecule has 28 heavy (non-hydrogen) atoms. The van der Waals surface area contributed by atoms with E-state index < -0.39 is 11.7 Å². The molecule has 2 N–H and O–H groups in total. The molecule has 0 bridgehead atoms. The van der Waals surface area contributed by atoms with Crippen LogP contribution >= 0.6 is 0 Å². The van der Waals surface area contributed by atoms with Crippen LogP contribution in [0.15, 0.2) is 30.7 Å². The Hall–Kier alpha value is -2.88. The van der Waals surface area contributed by atoms with Gasteiger partial charge in [-0.25, -0.2) is 9.97 Å². The summed E-state index contributed by atoms with van der Waals surface area (Å²) in [6.45, 7) is 5.63. The SMILES string of the molecule is Cc1cnc(-c2[nH]ncc2CN2CCN(c3ccc(C(F)(F)F)cn3)CC2)[nH]1. The van der Waals surface area contributed by atoms with Crippen molar-refractivity contribution in [3.8, 4) is 11.5 Å². The number of nitrogens with one attached hydrogen (secondary N) is 2. The quantitative estimate of drug-likeness (QED) is 0.715. The first-order chi connectivity index (χ1) is 13.4. The molecule has 0 unspecified atom stereocenters. The molecule has 1 saturated heterocycles. The van der Waals surface area contributed by atoms with Crippen molar-refractivity contribution in [2.75, 3.05) is 31.1 Å². The van der Waals surface area contributed by atoms with Crippen molar-refractivity contribution >= 4 is 5.82 Å². The number of alkyl halides is 3. The van der Waals surface area contributed by atoms with E-state index in [1.807, 2.05) is 11.8 Å². The highest BCUT2D eigenvalue weighted by Crippen LogP contribution is 2.29. The van der Waals surface area contributed by atoms with E-state index >= 15 is 0 Å². The van der Waals surface area contributed by atoms with E-state index in [2.05, 4.69) is 30.0 Å². The second-order valence-electron chi connectivity index (χ2n) is 6.85. The van der Waals surface area contributed by atoms with Gasteiger partial charge in [-0.3, -0.25) is 10.00 Å². The number of hydrogen-bond acceptors (Lipinski definition) is 5. The van der Waals surface area contributed by atoms with Crippen LogP contribution in [0.5, 0.6) is 0 Å². The number of aromatic amines is 2. The number of piperazine rings is 1. The van der Waals surface area contributed by atoms with E-state index in [4.69, 9.17) is 0 Å². The summed E-state index contributed by atoms with van der Waals surface area (Å²) in [6.07, 6.45) is 0.108. The maximum absolute atomic E-state index is 12.7. The number of aromatic nitrogens is 5. The van der Waals surface area contributed by atoms with Gasteiger partial charge in [0.25, 0.3) is 0 Å². The van der Waals surface area contributed by atoms with Gasteiger partial charge in [0.05, 0.1) is 11.8 Å². The topological polar surface area (TPSA) is 76.7 Å². The molecule has 0 amide bonds. The number of imidazole rings is 1. The minimum absolute atomic E-state index is 0.572. The number of halogens is 3. The third kappa shape index (κ3) is 3.86. The predicted molar refractivity (Wildman–Crippen MR) is 97.6 cm³/mol. The van der Waals surface area contributed by atoms with Gasteiger partial charge < -0.3 is 9.88 Å². The molecule has 1 aliphatic heterocycles. The van der Waals surface area contributed by atoms with Gasteiger partial charge in [-0.05, 0) is 19.1 Å². The maximum Gasteiger partial charge on any atom is 0.417 e. The Kier molecular flexibility index (Phi) is 4.80. The molecule has 0 aromatic carbocycles. The summed E-state index contributed by atoms with van der Waals surface area (Å²) in [6, 6.07) is 2.52. The average Bonchev–Trinajstić information content (AvgIpc) is 3.30. The summed E-state index contributed by atoms with van der Waals surface area (Å²) in [5.74, 6) is 1.33. The second kappa shape index (κ2) is 7.27. The zero-order valence-electron chi connectivity index (χ0n) is 15.3. The van der Waals surface area contributed by atoms with Crippen molar-refractivity contribution < 1.29 is 13.2 Å². The predicted octanol–water partition coefficient (Wildman–Crippen LogP) is 2.84. The number of aryl methyl sites for hydroxylation is 1. The molecule has 3 aromatic rings. The minimum atomic E-state index is -4.36. The van der Waals surface area contributed by atoms with Gasteiger partial charge in [0.2, 0.25) is 0 Å². The van der Waals surface area contributed by atoms with Crippen molar-refractivity contribution in [1.82, 2.24) is 30.0 Å². The number of nitrogens with zero attached hydrogens (tertiary/aromatic N) is 5. The fraction of sp³-hybridized carbons (Fsp3) is 0.389. The molecule has 0 spiro atoms. The average molecular weight is 391 g/mol. The number of rotatable bonds is 4. The van der Waals surface area contributed by atoms with Crippen molar-refractivity contribution in [3.63, 3.8) is 0 Å². The molecule has 1 aliphatic rings. The van der Waals surface area contributed by atoms with Crippen LogP contribution in [0.1, 0.15) is 16.8 Å².